The Bertz CT molecular complexity index is 1100. The lowest BCUT2D eigenvalue weighted by Gasteiger charge is -2.39. The zero-order valence-corrected chi connectivity index (χ0v) is 28.8. The van der Waals surface area contributed by atoms with Gasteiger partial charge in [0.05, 0.1) is 10.8 Å². The van der Waals surface area contributed by atoms with Gasteiger partial charge in [-0.05, 0) is 82.3 Å². The van der Waals surface area contributed by atoms with Crippen LogP contribution in [-0.2, 0) is 22.4 Å². The number of hydrogen-bond donors (Lipinski definition) is 3. The van der Waals surface area contributed by atoms with Crippen LogP contribution >= 0.6 is 0 Å². The average Bonchev–Trinajstić information content (AvgIpc) is 3.07. The zero-order chi connectivity index (χ0) is 33.0. The standard InChI is InChI=1S/C19H29NO.C19H27NO.C2H6O.CH4/c2*1-16(2)19(13-7-4-8-14-19)18(21)20-15-9-12-17-10-5-3-6-11-17;1-2-3;/h3,5-6,10-11,16H,4,7-9,12-15H2,1-2H3,(H,20,21);3,5-6,10-11H,1,4,7-9,12-15H2,2H3,(H,20,21);3H,2H2,1H3;1H4. The minimum Gasteiger partial charge on any atom is -0.397 e. The van der Waals surface area contributed by atoms with Gasteiger partial charge in [-0.1, -0.05) is 133 Å². The van der Waals surface area contributed by atoms with E-state index in [1.165, 1.54) is 36.8 Å². The number of carbonyl (C=O) groups excluding carboxylic acids is 2. The van der Waals surface area contributed by atoms with Gasteiger partial charge in [0.15, 0.2) is 0 Å². The van der Waals surface area contributed by atoms with Gasteiger partial charge in [0, 0.05) is 19.7 Å². The maximum Gasteiger partial charge on any atom is 0.230 e. The van der Waals surface area contributed by atoms with Crippen LogP contribution < -0.4 is 10.6 Å². The molecule has 5 nitrogen and oxygen atoms in total. The van der Waals surface area contributed by atoms with Crippen LogP contribution in [0.3, 0.4) is 0 Å². The highest BCUT2D eigenvalue weighted by molar-refractivity contribution is 5.85. The third-order valence-electron chi connectivity index (χ3n) is 9.80. The number of carbonyl (C=O) groups is 2. The van der Waals surface area contributed by atoms with Gasteiger partial charge in [-0.3, -0.25) is 9.59 Å². The Hall–Kier alpha value is -2.92. The van der Waals surface area contributed by atoms with Crippen molar-refractivity contribution in [1.29, 1.82) is 0 Å². The first kappa shape index (κ1) is 41.1. The van der Waals surface area contributed by atoms with Crippen molar-refractivity contribution in [2.24, 2.45) is 16.7 Å². The average molecular weight is 635 g/mol. The van der Waals surface area contributed by atoms with Crippen LogP contribution in [0, 0.1) is 16.7 Å². The number of aliphatic hydroxyl groups excluding tert-OH is 1. The molecule has 2 saturated carbocycles. The molecule has 0 aromatic heterocycles. The molecule has 46 heavy (non-hydrogen) atoms. The highest BCUT2D eigenvalue weighted by Crippen LogP contribution is 2.43. The van der Waals surface area contributed by atoms with Crippen LogP contribution in [-0.4, -0.2) is 36.6 Å². The van der Waals surface area contributed by atoms with Crippen molar-refractivity contribution >= 4 is 11.8 Å². The van der Waals surface area contributed by atoms with Gasteiger partial charge in [-0.25, -0.2) is 0 Å². The van der Waals surface area contributed by atoms with Crippen molar-refractivity contribution in [2.45, 2.75) is 125 Å². The lowest BCUT2D eigenvalue weighted by molar-refractivity contribution is -0.136. The van der Waals surface area contributed by atoms with Gasteiger partial charge >= 0.3 is 0 Å². The maximum absolute atomic E-state index is 12.7. The molecule has 0 atom stereocenters. The number of hydrogen-bond acceptors (Lipinski definition) is 3. The van der Waals surface area contributed by atoms with Crippen molar-refractivity contribution in [3.05, 3.63) is 83.9 Å². The van der Waals surface area contributed by atoms with Crippen LogP contribution in [0.15, 0.2) is 72.8 Å². The summed E-state index contributed by atoms with van der Waals surface area (Å²) in [7, 11) is 0. The third kappa shape index (κ3) is 13.1. The Kier molecular flexibility index (Phi) is 20.2. The number of aryl methyl sites for hydroxylation is 2. The summed E-state index contributed by atoms with van der Waals surface area (Å²) in [4.78, 5) is 25.3. The Balaban J connectivity index is 0.000000415. The second kappa shape index (κ2) is 22.6. The van der Waals surface area contributed by atoms with Gasteiger partial charge in [0.1, 0.15) is 0 Å². The van der Waals surface area contributed by atoms with E-state index >= 15 is 0 Å². The van der Waals surface area contributed by atoms with Crippen molar-refractivity contribution in [3.8, 4) is 0 Å². The predicted molar refractivity (Wildman–Crippen MR) is 196 cm³/mol. The van der Waals surface area contributed by atoms with Gasteiger partial charge in [-0.2, -0.15) is 0 Å². The number of amides is 2. The smallest absolute Gasteiger partial charge is 0.230 e. The lowest BCUT2D eigenvalue weighted by Crippen LogP contribution is -2.46. The topological polar surface area (TPSA) is 78.4 Å². The third-order valence-corrected chi connectivity index (χ3v) is 9.80. The molecular weight excluding hydrogens is 568 g/mol. The second-order valence-corrected chi connectivity index (χ2v) is 13.3. The molecule has 2 amide bonds. The largest absolute Gasteiger partial charge is 0.397 e. The normalized spacial score (nSPS) is 16.3. The van der Waals surface area contributed by atoms with E-state index in [-0.39, 0.29) is 30.8 Å². The van der Waals surface area contributed by atoms with Crippen LogP contribution in [0.4, 0.5) is 0 Å². The molecule has 2 aromatic carbocycles. The van der Waals surface area contributed by atoms with E-state index in [0.29, 0.717) is 11.8 Å². The number of benzene rings is 2. The van der Waals surface area contributed by atoms with Crippen LogP contribution in [0.1, 0.15) is 123 Å². The molecule has 3 N–H and O–H groups in total. The molecule has 0 unspecified atom stereocenters. The van der Waals surface area contributed by atoms with E-state index in [9.17, 15) is 9.59 Å². The molecule has 0 heterocycles. The van der Waals surface area contributed by atoms with Crippen molar-refractivity contribution in [3.63, 3.8) is 0 Å². The fourth-order valence-corrected chi connectivity index (χ4v) is 6.88. The lowest BCUT2D eigenvalue weighted by atomic mass is 9.66. The Morgan fingerprint density at radius 1 is 0.739 bits per heavy atom. The summed E-state index contributed by atoms with van der Waals surface area (Å²) in [6.45, 7) is 14.0. The van der Waals surface area contributed by atoms with Gasteiger partial charge < -0.3 is 15.7 Å². The first-order chi connectivity index (χ1) is 21.7. The molecule has 0 bridgehead atoms. The Labute approximate surface area is 282 Å². The maximum atomic E-state index is 12.7. The summed E-state index contributed by atoms with van der Waals surface area (Å²) >= 11 is 0. The summed E-state index contributed by atoms with van der Waals surface area (Å²) in [5.41, 5.74) is 3.31. The van der Waals surface area contributed by atoms with E-state index < -0.39 is 0 Å². The molecule has 0 aliphatic heterocycles. The number of nitrogens with one attached hydrogen (secondary N) is 2. The molecular formula is C41H66N2O3. The molecule has 2 aliphatic rings. The van der Waals surface area contributed by atoms with Crippen molar-refractivity contribution < 1.29 is 14.7 Å². The van der Waals surface area contributed by atoms with Gasteiger partial charge in [-0.15, -0.1) is 0 Å². The first-order valence-electron chi connectivity index (χ1n) is 17.6. The quantitative estimate of drug-likeness (QED) is 0.161. The van der Waals surface area contributed by atoms with Crippen molar-refractivity contribution in [2.75, 3.05) is 19.7 Å². The van der Waals surface area contributed by atoms with E-state index in [4.69, 9.17) is 5.11 Å². The summed E-state index contributed by atoms with van der Waals surface area (Å²) < 4.78 is 0. The zero-order valence-electron chi connectivity index (χ0n) is 28.8. The van der Waals surface area contributed by atoms with Crippen molar-refractivity contribution in [1.82, 2.24) is 10.6 Å². The predicted octanol–water partition coefficient (Wildman–Crippen LogP) is 9.24. The molecule has 258 valence electrons. The summed E-state index contributed by atoms with van der Waals surface area (Å²) in [5.74, 6) is 0.931. The molecule has 2 fully saturated rings. The van der Waals surface area contributed by atoms with E-state index in [2.05, 4.69) is 79.6 Å². The van der Waals surface area contributed by atoms with Crippen LogP contribution in [0.25, 0.3) is 0 Å². The molecule has 4 rings (SSSR count). The van der Waals surface area contributed by atoms with Gasteiger partial charge in [0.25, 0.3) is 0 Å². The number of aliphatic hydroxyl groups is 1. The first-order valence-corrected chi connectivity index (χ1v) is 17.6. The molecule has 0 radical (unpaired) electrons. The fraction of sp³-hybridized carbons (Fsp3) is 0.610. The van der Waals surface area contributed by atoms with E-state index in [1.807, 2.05) is 19.1 Å². The fourth-order valence-electron chi connectivity index (χ4n) is 6.88. The molecule has 2 aromatic rings. The highest BCUT2D eigenvalue weighted by atomic mass is 16.2. The Morgan fingerprint density at radius 2 is 1.13 bits per heavy atom. The molecule has 2 aliphatic carbocycles. The SMILES string of the molecule is C.C=C(C)C1(C(=O)NCCCc2ccccc2)CCCCC1.CC(C)C1(C(=O)NCCCc2ccccc2)CCCCC1.CCO. The highest BCUT2D eigenvalue weighted by Gasteiger charge is 2.42. The molecule has 0 spiro atoms. The second-order valence-electron chi connectivity index (χ2n) is 13.3. The summed E-state index contributed by atoms with van der Waals surface area (Å²) in [5, 5.41) is 13.9. The number of rotatable bonds is 12. The summed E-state index contributed by atoms with van der Waals surface area (Å²) in [6.07, 6.45) is 15.3. The summed E-state index contributed by atoms with van der Waals surface area (Å²) in [6, 6.07) is 20.9. The van der Waals surface area contributed by atoms with Gasteiger partial charge in [0.2, 0.25) is 11.8 Å². The van der Waals surface area contributed by atoms with Crippen LogP contribution in [0.2, 0.25) is 0 Å². The van der Waals surface area contributed by atoms with E-state index in [0.717, 1.165) is 82.9 Å². The minimum absolute atomic E-state index is 0. The van der Waals surface area contributed by atoms with E-state index in [1.54, 1.807) is 6.92 Å². The van der Waals surface area contributed by atoms with Crippen LogP contribution in [0.5, 0.6) is 0 Å². The minimum atomic E-state index is -0.301. The monoisotopic (exact) mass is 635 g/mol. The molecule has 0 saturated heterocycles. The Morgan fingerprint density at radius 3 is 1.52 bits per heavy atom. The molecule has 5 heteroatoms.